The number of halogens is 1. The molecule has 62 valence electrons. The highest BCUT2D eigenvalue weighted by Crippen LogP contribution is 2.46. The van der Waals surface area contributed by atoms with Crippen molar-refractivity contribution in [2.24, 2.45) is 17.8 Å². The Balaban J connectivity index is 2.59. The molecule has 0 aliphatic heterocycles. The summed E-state index contributed by atoms with van der Waals surface area (Å²) >= 11 is 0. The van der Waals surface area contributed by atoms with Gasteiger partial charge < -0.3 is 10.2 Å². The second kappa shape index (κ2) is 2.48. The Bertz CT molecular complexity index is 183. The van der Waals surface area contributed by atoms with Gasteiger partial charge in [0.15, 0.2) is 0 Å². The Morgan fingerprint density at radius 1 is 1.18 bits per heavy atom. The molecule has 0 bridgehead atoms. The molecule has 0 aromatic carbocycles. The quantitative estimate of drug-likeness (QED) is 0.611. The van der Waals surface area contributed by atoms with Gasteiger partial charge in [-0.2, -0.15) is 0 Å². The molecule has 0 aromatic rings. The van der Waals surface area contributed by atoms with E-state index in [0.29, 0.717) is 0 Å². The Labute approximate surface area is 61.6 Å². The third-order valence-electron chi connectivity index (χ3n) is 1.92. The minimum Gasteiger partial charge on any atom is -0.481 e. The molecule has 5 heteroatoms. The van der Waals surface area contributed by atoms with Gasteiger partial charge in [0.25, 0.3) is 0 Å². The fourth-order valence-electron chi connectivity index (χ4n) is 1.24. The van der Waals surface area contributed by atoms with Crippen LogP contribution in [0.4, 0.5) is 4.39 Å². The lowest BCUT2D eigenvalue weighted by Crippen LogP contribution is -2.05. The van der Waals surface area contributed by atoms with E-state index >= 15 is 0 Å². The van der Waals surface area contributed by atoms with Crippen molar-refractivity contribution in [3.63, 3.8) is 0 Å². The maximum atomic E-state index is 11.9. The monoisotopic (exact) mass is 162 g/mol. The van der Waals surface area contributed by atoms with Crippen LogP contribution in [0.3, 0.4) is 0 Å². The van der Waals surface area contributed by atoms with Gasteiger partial charge in [-0.05, 0) is 0 Å². The van der Waals surface area contributed by atoms with Crippen molar-refractivity contribution < 1.29 is 24.2 Å². The Hall–Kier alpha value is -1.13. The molecule has 3 atom stereocenters. The van der Waals surface area contributed by atoms with Gasteiger partial charge in [0, 0.05) is 5.92 Å². The molecule has 1 saturated carbocycles. The van der Waals surface area contributed by atoms with Gasteiger partial charge >= 0.3 is 11.9 Å². The van der Waals surface area contributed by atoms with Crippen LogP contribution < -0.4 is 0 Å². The second-order valence-electron chi connectivity index (χ2n) is 2.55. The van der Waals surface area contributed by atoms with Crippen molar-refractivity contribution in [2.45, 2.75) is 0 Å². The fourth-order valence-corrected chi connectivity index (χ4v) is 1.24. The molecule has 11 heavy (non-hydrogen) atoms. The predicted molar refractivity (Wildman–Crippen MR) is 31.7 cm³/mol. The molecule has 0 heterocycles. The van der Waals surface area contributed by atoms with Crippen LogP contribution in [0.5, 0.6) is 0 Å². The third-order valence-corrected chi connectivity index (χ3v) is 1.92. The summed E-state index contributed by atoms with van der Waals surface area (Å²) in [5, 5.41) is 16.7. The maximum absolute atomic E-state index is 11.9. The molecule has 2 N–H and O–H groups in total. The summed E-state index contributed by atoms with van der Waals surface area (Å²) in [5.41, 5.74) is 0. The number of hydrogen-bond acceptors (Lipinski definition) is 2. The minimum absolute atomic E-state index is 0.815. The lowest BCUT2D eigenvalue weighted by molar-refractivity contribution is -0.144. The van der Waals surface area contributed by atoms with Gasteiger partial charge in [-0.1, -0.05) is 0 Å². The van der Waals surface area contributed by atoms with Crippen molar-refractivity contribution in [1.29, 1.82) is 0 Å². The highest BCUT2D eigenvalue weighted by molar-refractivity contribution is 5.86. The van der Waals surface area contributed by atoms with E-state index in [1.54, 1.807) is 0 Å². The summed E-state index contributed by atoms with van der Waals surface area (Å²) < 4.78 is 11.9. The van der Waals surface area contributed by atoms with E-state index in [-0.39, 0.29) is 0 Å². The predicted octanol–water partition coefficient (Wildman–Crippen LogP) is -0.0127. The van der Waals surface area contributed by atoms with Crippen molar-refractivity contribution in [3.05, 3.63) is 0 Å². The van der Waals surface area contributed by atoms with E-state index in [2.05, 4.69) is 0 Å². The first-order valence-electron chi connectivity index (χ1n) is 3.11. The summed E-state index contributed by atoms with van der Waals surface area (Å²) in [5.74, 6) is -5.29. The largest absolute Gasteiger partial charge is 0.481 e. The van der Waals surface area contributed by atoms with E-state index in [4.69, 9.17) is 10.2 Å². The first-order chi connectivity index (χ1) is 5.09. The first-order valence-corrected chi connectivity index (χ1v) is 3.11. The summed E-state index contributed by atoms with van der Waals surface area (Å²) in [7, 11) is 0. The number of hydrogen-bond donors (Lipinski definition) is 2. The molecule has 0 radical (unpaired) electrons. The molecule has 1 aliphatic carbocycles. The molecule has 0 amide bonds. The molecular weight excluding hydrogens is 155 g/mol. The normalized spacial score (nSPS) is 34.8. The molecule has 1 aliphatic rings. The van der Waals surface area contributed by atoms with Crippen LogP contribution in [0.15, 0.2) is 0 Å². The number of carboxylic acids is 2. The van der Waals surface area contributed by atoms with E-state index < -0.39 is 36.4 Å². The minimum atomic E-state index is -1.22. The van der Waals surface area contributed by atoms with Crippen LogP contribution in [-0.4, -0.2) is 28.8 Å². The van der Waals surface area contributed by atoms with Gasteiger partial charge in [-0.15, -0.1) is 0 Å². The summed E-state index contributed by atoms with van der Waals surface area (Å²) in [6, 6.07) is 0. The van der Waals surface area contributed by atoms with Gasteiger partial charge in [0.2, 0.25) is 0 Å². The number of rotatable bonds is 3. The SMILES string of the molecule is O=C(O)[C@@H]1C(CF)[C@@H]1C(=O)O. The second-order valence-corrected chi connectivity index (χ2v) is 2.55. The lowest BCUT2D eigenvalue weighted by Gasteiger charge is -1.84. The molecule has 1 rings (SSSR count). The zero-order valence-corrected chi connectivity index (χ0v) is 5.53. The number of carbonyl (C=O) groups is 2. The van der Waals surface area contributed by atoms with E-state index in [9.17, 15) is 14.0 Å². The van der Waals surface area contributed by atoms with Crippen molar-refractivity contribution in [3.8, 4) is 0 Å². The molecule has 0 aromatic heterocycles. The van der Waals surface area contributed by atoms with Gasteiger partial charge in [-0.25, -0.2) is 0 Å². The van der Waals surface area contributed by atoms with Gasteiger partial charge in [0.1, 0.15) is 0 Å². The third kappa shape index (κ3) is 1.18. The summed E-state index contributed by atoms with van der Waals surface area (Å²) in [6.45, 7) is -0.867. The molecule has 1 unspecified atom stereocenters. The average molecular weight is 162 g/mol. The van der Waals surface area contributed by atoms with E-state index in [0.717, 1.165) is 0 Å². The molecule has 0 saturated heterocycles. The van der Waals surface area contributed by atoms with Crippen LogP contribution in [0.2, 0.25) is 0 Å². The molecule has 1 fully saturated rings. The van der Waals surface area contributed by atoms with E-state index in [1.807, 2.05) is 0 Å². The Morgan fingerprint density at radius 2 is 1.55 bits per heavy atom. The molecular formula is C6H7FO4. The Morgan fingerprint density at radius 3 is 1.64 bits per heavy atom. The number of alkyl halides is 1. The summed E-state index contributed by atoms with van der Waals surface area (Å²) in [4.78, 5) is 20.4. The van der Waals surface area contributed by atoms with Crippen molar-refractivity contribution >= 4 is 11.9 Å². The van der Waals surface area contributed by atoms with Crippen LogP contribution in [-0.2, 0) is 9.59 Å². The van der Waals surface area contributed by atoms with Crippen molar-refractivity contribution in [1.82, 2.24) is 0 Å². The zero-order valence-electron chi connectivity index (χ0n) is 5.53. The average Bonchev–Trinajstić information content (AvgIpc) is 2.59. The van der Waals surface area contributed by atoms with E-state index in [1.165, 1.54) is 0 Å². The summed E-state index contributed by atoms with van der Waals surface area (Å²) in [6.07, 6.45) is 0. The first kappa shape index (κ1) is 7.97. The van der Waals surface area contributed by atoms with Gasteiger partial charge in [0.05, 0.1) is 18.5 Å². The number of aliphatic carboxylic acids is 2. The van der Waals surface area contributed by atoms with Crippen LogP contribution in [0.1, 0.15) is 0 Å². The Kier molecular flexibility index (Phi) is 1.80. The topological polar surface area (TPSA) is 74.6 Å². The van der Waals surface area contributed by atoms with Crippen LogP contribution >= 0.6 is 0 Å². The molecule has 0 spiro atoms. The standard InChI is InChI=1S/C6H7FO4/c7-1-2-3(5(8)9)4(2)6(10)11/h2-4H,1H2,(H,8,9)(H,10,11)/t2?,3-,4+. The zero-order chi connectivity index (χ0) is 8.59. The van der Waals surface area contributed by atoms with Crippen molar-refractivity contribution in [2.75, 3.05) is 6.67 Å². The van der Waals surface area contributed by atoms with Crippen LogP contribution in [0.25, 0.3) is 0 Å². The highest BCUT2D eigenvalue weighted by Gasteiger charge is 2.59. The van der Waals surface area contributed by atoms with Gasteiger partial charge in [-0.3, -0.25) is 14.0 Å². The lowest BCUT2D eigenvalue weighted by atomic mass is 10.3. The maximum Gasteiger partial charge on any atom is 0.307 e. The number of carboxylic acid groups (broad SMARTS) is 2. The smallest absolute Gasteiger partial charge is 0.307 e. The molecule has 4 nitrogen and oxygen atoms in total. The highest BCUT2D eigenvalue weighted by atomic mass is 19.1. The van der Waals surface area contributed by atoms with Crippen LogP contribution in [0, 0.1) is 17.8 Å². The fraction of sp³-hybridized carbons (Fsp3) is 0.667.